The van der Waals surface area contributed by atoms with Gasteiger partial charge in [-0.15, -0.1) is 0 Å². The van der Waals surface area contributed by atoms with Gasteiger partial charge in [-0.3, -0.25) is 18.8 Å². The summed E-state index contributed by atoms with van der Waals surface area (Å²) in [5.74, 6) is -3.80. The zero-order valence-corrected chi connectivity index (χ0v) is 24.3. The minimum Gasteiger partial charge on any atom is -0.480 e. The molecule has 3 aromatic carbocycles. The zero-order valence-electron chi connectivity index (χ0n) is 22.0. The number of sulfonamides is 1. The van der Waals surface area contributed by atoms with Crippen LogP contribution in [0.25, 0.3) is 0 Å². The number of nitrogens with one attached hydrogen (secondary N) is 1. The number of anilines is 1. The number of carboxylic acid groups (broad SMARTS) is 1. The number of hydrogen-bond donors (Lipinski definition) is 2. The van der Waals surface area contributed by atoms with Gasteiger partial charge in [0.1, 0.15) is 17.7 Å². The number of amides is 1. The van der Waals surface area contributed by atoms with E-state index >= 15 is 0 Å². The Balaban J connectivity index is 1.80. The molecule has 41 heavy (non-hydrogen) atoms. The van der Waals surface area contributed by atoms with E-state index in [0.29, 0.717) is 16.1 Å². The first-order chi connectivity index (χ1) is 19.2. The summed E-state index contributed by atoms with van der Waals surface area (Å²) in [4.78, 5) is 26.3. The van der Waals surface area contributed by atoms with E-state index in [0.717, 1.165) is 33.8 Å². The summed E-state index contributed by atoms with van der Waals surface area (Å²) in [6.07, 6.45) is 0.613. The van der Waals surface area contributed by atoms with Gasteiger partial charge in [0.25, 0.3) is 0 Å². The van der Waals surface area contributed by atoms with Crippen molar-refractivity contribution in [1.29, 1.82) is 0 Å². The predicted molar refractivity (Wildman–Crippen MR) is 153 cm³/mol. The SMILES string of the molecule is CC(NC(=O)CC1C(N(c2cc(F)cc(F)c2)S(C)(=O)=O)CN1C(c1ccc(Cl)cc1)c1ccc(Cl)cc1)C(=O)O. The molecule has 3 aromatic rings. The first-order valence-electron chi connectivity index (χ1n) is 12.5. The topological polar surface area (TPSA) is 107 Å². The number of aliphatic carboxylic acids is 1. The predicted octanol–water partition coefficient (Wildman–Crippen LogP) is 4.86. The van der Waals surface area contributed by atoms with Crippen molar-refractivity contribution in [2.24, 2.45) is 0 Å². The van der Waals surface area contributed by atoms with Crippen LogP contribution in [0.5, 0.6) is 0 Å². The molecule has 8 nitrogen and oxygen atoms in total. The summed E-state index contributed by atoms with van der Waals surface area (Å²) in [7, 11) is -4.09. The molecule has 4 rings (SSSR count). The summed E-state index contributed by atoms with van der Waals surface area (Å²) in [5, 5.41) is 12.7. The van der Waals surface area contributed by atoms with Crippen molar-refractivity contribution in [2.45, 2.75) is 37.5 Å². The molecule has 1 saturated heterocycles. The smallest absolute Gasteiger partial charge is 0.325 e. The van der Waals surface area contributed by atoms with Gasteiger partial charge in [-0.1, -0.05) is 47.5 Å². The van der Waals surface area contributed by atoms with Gasteiger partial charge in [0.15, 0.2) is 0 Å². The third-order valence-corrected chi connectivity index (χ3v) is 8.57. The molecule has 0 saturated carbocycles. The second kappa shape index (κ2) is 12.3. The quantitative estimate of drug-likeness (QED) is 0.333. The first kappa shape index (κ1) is 30.7. The molecule has 0 radical (unpaired) electrons. The lowest BCUT2D eigenvalue weighted by atomic mass is 9.85. The molecule has 13 heteroatoms. The molecule has 2 N–H and O–H groups in total. The van der Waals surface area contributed by atoms with Crippen LogP contribution in [-0.2, 0) is 19.6 Å². The molecule has 0 aliphatic carbocycles. The average Bonchev–Trinajstić information content (AvgIpc) is 2.87. The highest BCUT2D eigenvalue weighted by atomic mass is 35.5. The Morgan fingerprint density at radius 2 is 1.49 bits per heavy atom. The molecule has 0 aromatic heterocycles. The van der Waals surface area contributed by atoms with E-state index < -0.39 is 57.7 Å². The van der Waals surface area contributed by atoms with Gasteiger partial charge in [-0.05, 0) is 54.4 Å². The van der Waals surface area contributed by atoms with E-state index in [9.17, 15) is 31.9 Å². The fourth-order valence-corrected chi connectivity index (χ4v) is 6.49. The van der Waals surface area contributed by atoms with Gasteiger partial charge in [-0.25, -0.2) is 17.2 Å². The average molecular weight is 627 g/mol. The number of carbonyl (C=O) groups excluding carboxylic acids is 1. The summed E-state index contributed by atoms with van der Waals surface area (Å²) in [6, 6.07) is 13.0. The molecule has 0 bridgehead atoms. The fraction of sp³-hybridized carbons (Fsp3) is 0.286. The monoisotopic (exact) mass is 625 g/mol. The number of hydrogen-bond acceptors (Lipinski definition) is 5. The van der Waals surface area contributed by atoms with Crippen LogP contribution in [0.3, 0.4) is 0 Å². The van der Waals surface area contributed by atoms with E-state index in [1.165, 1.54) is 6.92 Å². The van der Waals surface area contributed by atoms with E-state index in [2.05, 4.69) is 5.32 Å². The molecule has 3 unspecified atom stereocenters. The lowest BCUT2D eigenvalue weighted by Gasteiger charge is -2.55. The number of benzene rings is 3. The second-order valence-electron chi connectivity index (χ2n) is 9.86. The second-order valence-corrected chi connectivity index (χ2v) is 12.6. The standard InChI is InChI=1S/C28H27Cl2F2N3O5S/c1-16(28(37)38)33-26(36)14-24-25(35(41(2,39)40)23-12-21(31)11-22(32)13-23)15-34(24)27(17-3-7-19(29)8-4-17)18-5-9-20(30)10-6-18/h3-13,16,24-25,27H,14-15H2,1-2H3,(H,33,36)(H,37,38). The number of rotatable bonds is 10. The van der Waals surface area contributed by atoms with E-state index in [-0.39, 0.29) is 18.7 Å². The van der Waals surface area contributed by atoms with Gasteiger partial charge in [0.05, 0.1) is 24.0 Å². The van der Waals surface area contributed by atoms with Crippen LogP contribution in [0, 0.1) is 11.6 Å². The van der Waals surface area contributed by atoms with Crippen LogP contribution < -0.4 is 9.62 Å². The van der Waals surface area contributed by atoms with E-state index in [1.54, 1.807) is 48.5 Å². The number of likely N-dealkylation sites (tertiary alicyclic amines) is 1. The highest BCUT2D eigenvalue weighted by Gasteiger charge is 2.50. The maximum atomic E-state index is 14.2. The molecule has 0 spiro atoms. The van der Waals surface area contributed by atoms with Crippen molar-refractivity contribution in [3.05, 3.63) is 99.5 Å². The maximum absolute atomic E-state index is 14.2. The molecule has 1 fully saturated rings. The largest absolute Gasteiger partial charge is 0.480 e. The van der Waals surface area contributed by atoms with Crippen molar-refractivity contribution in [2.75, 3.05) is 17.1 Å². The van der Waals surface area contributed by atoms with Crippen LogP contribution in [0.4, 0.5) is 14.5 Å². The third kappa shape index (κ3) is 7.16. The van der Waals surface area contributed by atoms with Crippen LogP contribution in [0.2, 0.25) is 10.0 Å². The highest BCUT2D eigenvalue weighted by molar-refractivity contribution is 7.92. The zero-order chi connectivity index (χ0) is 30.1. The summed E-state index contributed by atoms with van der Waals surface area (Å²) in [5.41, 5.74) is 1.33. The molecular weight excluding hydrogens is 599 g/mol. The lowest BCUT2D eigenvalue weighted by molar-refractivity contribution is -0.141. The summed E-state index contributed by atoms with van der Waals surface area (Å²) < 4.78 is 55.4. The molecular formula is C28H27Cl2F2N3O5S. The first-order valence-corrected chi connectivity index (χ1v) is 15.1. The van der Waals surface area contributed by atoms with Crippen LogP contribution in [0.1, 0.15) is 30.5 Å². The van der Waals surface area contributed by atoms with Crippen LogP contribution >= 0.6 is 23.2 Å². The molecule has 1 aliphatic heterocycles. The van der Waals surface area contributed by atoms with Gasteiger partial charge in [0, 0.05) is 35.1 Å². The van der Waals surface area contributed by atoms with Crippen LogP contribution in [-0.4, -0.2) is 61.2 Å². The van der Waals surface area contributed by atoms with Crippen molar-refractivity contribution >= 4 is 50.8 Å². The number of nitrogens with zero attached hydrogens (tertiary/aromatic N) is 2. The Labute approximate surface area is 246 Å². The Kier molecular flexibility index (Phi) is 9.22. The van der Waals surface area contributed by atoms with Gasteiger partial charge < -0.3 is 10.4 Å². The summed E-state index contributed by atoms with van der Waals surface area (Å²) in [6.45, 7) is 1.38. The normalized spacial score (nSPS) is 18.0. The number of halogens is 4. The molecule has 1 amide bonds. The van der Waals surface area contributed by atoms with Crippen LogP contribution in [0.15, 0.2) is 66.7 Å². The number of carbonyl (C=O) groups is 2. The van der Waals surface area contributed by atoms with E-state index in [1.807, 2.05) is 4.90 Å². The Morgan fingerprint density at radius 3 is 1.93 bits per heavy atom. The minimum absolute atomic E-state index is 0.0769. The minimum atomic E-state index is -4.09. The Bertz CT molecular complexity index is 1480. The van der Waals surface area contributed by atoms with E-state index in [4.69, 9.17) is 23.2 Å². The Hall–Kier alpha value is -3.25. The number of carboxylic acids is 1. The third-order valence-electron chi connectivity index (χ3n) is 6.87. The highest BCUT2D eigenvalue weighted by Crippen LogP contribution is 2.41. The molecule has 1 aliphatic rings. The lowest BCUT2D eigenvalue weighted by Crippen LogP contribution is -2.69. The van der Waals surface area contributed by atoms with Crippen molar-refractivity contribution in [3.8, 4) is 0 Å². The van der Waals surface area contributed by atoms with Crippen molar-refractivity contribution in [3.63, 3.8) is 0 Å². The van der Waals surface area contributed by atoms with Gasteiger partial charge in [-0.2, -0.15) is 0 Å². The van der Waals surface area contributed by atoms with Crippen molar-refractivity contribution in [1.82, 2.24) is 10.2 Å². The Morgan fingerprint density at radius 1 is 1.00 bits per heavy atom. The van der Waals surface area contributed by atoms with Crippen molar-refractivity contribution < 1.29 is 31.9 Å². The molecule has 218 valence electrons. The van der Waals surface area contributed by atoms with Gasteiger partial charge in [0.2, 0.25) is 15.9 Å². The van der Waals surface area contributed by atoms with Gasteiger partial charge >= 0.3 is 5.97 Å². The summed E-state index contributed by atoms with van der Waals surface area (Å²) >= 11 is 12.2. The fourth-order valence-electron chi connectivity index (χ4n) is 5.05. The molecule has 3 atom stereocenters. The maximum Gasteiger partial charge on any atom is 0.325 e. The molecule has 1 heterocycles.